The summed E-state index contributed by atoms with van der Waals surface area (Å²) < 4.78 is 5.63. The van der Waals surface area contributed by atoms with Crippen LogP contribution in [0.4, 0.5) is 0 Å². The molecule has 3 heteroatoms. The molecule has 0 fully saturated rings. The summed E-state index contributed by atoms with van der Waals surface area (Å²) in [5, 5.41) is 9.26. The van der Waals surface area contributed by atoms with Gasteiger partial charge in [0, 0.05) is 6.54 Å². The van der Waals surface area contributed by atoms with Crippen LogP contribution in [0.1, 0.15) is 18.9 Å². The van der Waals surface area contributed by atoms with E-state index in [0.717, 1.165) is 30.9 Å². The van der Waals surface area contributed by atoms with Crippen molar-refractivity contribution in [1.29, 1.82) is 0 Å². The molecule has 1 atom stereocenters. The van der Waals surface area contributed by atoms with Crippen molar-refractivity contribution in [3.8, 4) is 5.75 Å². The maximum Gasteiger partial charge on any atom is 0.119 e. The van der Waals surface area contributed by atoms with Crippen molar-refractivity contribution < 1.29 is 9.84 Å². The highest BCUT2D eigenvalue weighted by Crippen LogP contribution is 2.13. The quantitative estimate of drug-likeness (QED) is 0.736. The average Bonchev–Trinajstić information content (AvgIpc) is 2.25. The molecule has 0 heterocycles. The Labute approximate surface area is 104 Å². The van der Waals surface area contributed by atoms with Gasteiger partial charge in [-0.05, 0) is 51.6 Å². The van der Waals surface area contributed by atoms with E-state index in [0.29, 0.717) is 6.42 Å². The SMILES string of the molecule is CC(O)Cc1ccc(OCCCN(C)C)cc1. The minimum atomic E-state index is -0.290. The Bertz CT molecular complexity index is 307. The highest BCUT2D eigenvalue weighted by Gasteiger charge is 2.00. The van der Waals surface area contributed by atoms with Gasteiger partial charge >= 0.3 is 0 Å². The van der Waals surface area contributed by atoms with Crippen LogP contribution < -0.4 is 4.74 Å². The molecular formula is C14H23NO2. The van der Waals surface area contributed by atoms with Crippen LogP contribution in [0.3, 0.4) is 0 Å². The van der Waals surface area contributed by atoms with Crippen molar-refractivity contribution in [2.24, 2.45) is 0 Å². The van der Waals surface area contributed by atoms with Gasteiger partial charge in [0.25, 0.3) is 0 Å². The maximum absolute atomic E-state index is 9.26. The Hall–Kier alpha value is -1.06. The van der Waals surface area contributed by atoms with Gasteiger partial charge in [-0.3, -0.25) is 0 Å². The predicted octanol–water partition coefficient (Wildman–Crippen LogP) is 1.94. The Morgan fingerprint density at radius 2 is 1.88 bits per heavy atom. The van der Waals surface area contributed by atoms with Gasteiger partial charge in [-0.2, -0.15) is 0 Å². The molecule has 0 bridgehead atoms. The van der Waals surface area contributed by atoms with Gasteiger partial charge in [0.05, 0.1) is 12.7 Å². The van der Waals surface area contributed by atoms with E-state index in [1.54, 1.807) is 6.92 Å². The molecule has 3 nitrogen and oxygen atoms in total. The molecule has 0 saturated carbocycles. The van der Waals surface area contributed by atoms with E-state index in [4.69, 9.17) is 4.74 Å². The number of hydrogen-bond acceptors (Lipinski definition) is 3. The first kappa shape index (κ1) is 14.0. The van der Waals surface area contributed by atoms with Crippen molar-refractivity contribution in [3.63, 3.8) is 0 Å². The monoisotopic (exact) mass is 237 g/mol. The highest BCUT2D eigenvalue weighted by molar-refractivity contribution is 5.27. The lowest BCUT2D eigenvalue weighted by Gasteiger charge is -2.11. The van der Waals surface area contributed by atoms with Gasteiger partial charge in [0.2, 0.25) is 0 Å². The van der Waals surface area contributed by atoms with Gasteiger partial charge in [0.1, 0.15) is 5.75 Å². The summed E-state index contributed by atoms with van der Waals surface area (Å²) in [6.45, 7) is 3.58. The molecule has 1 aromatic carbocycles. The molecule has 0 aromatic heterocycles. The molecule has 0 aliphatic heterocycles. The van der Waals surface area contributed by atoms with E-state index in [1.165, 1.54) is 0 Å². The van der Waals surface area contributed by atoms with Gasteiger partial charge in [0.15, 0.2) is 0 Å². The number of ether oxygens (including phenoxy) is 1. The average molecular weight is 237 g/mol. The Morgan fingerprint density at radius 3 is 2.41 bits per heavy atom. The zero-order valence-corrected chi connectivity index (χ0v) is 11.0. The van der Waals surface area contributed by atoms with Crippen molar-refractivity contribution >= 4 is 0 Å². The van der Waals surface area contributed by atoms with Crippen molar-refractivity contribution in [2.75, 3.05) is 27.2 Å². The summed E-state index contributed by atoms with van der Waals surface area (Å²) >= 11 is 0. The van der Waals surface area contributed by atoms with E-state index in [2.05, 4.69) is 19.0 Å². The van der Waals surface area contributed by atoms with Crippen molar-refractivity contribution in [2.45, 2.75) is 25.9 Å². The first-order chi connectivity index (χ1) is 8.08. The fourth-order valence-corrected chi connectivity index (χ4v) is 1.63. The van der Waals surface area contributed by atoms with E-state index >= 15 is 0 Å². The Kier molecular flexibility index (Phi) is 6.01. The molecule has 0 saturated heterocycles. The number of hydrogen-bond donors (Lipinski definition) is 1. The number of aliphatic hydroxyl groups is 1. The van der Waals surface area contributed by atoms with Crippen molar-refractivity contribution in [1.82, 2.24) is 4.90 Å². The summed E-state index contributed by atoms with van der Waals surface area (Å²) in [6.07, 6.45) is 1.44. The fourth-order valence-electron chi connectivity index (χ4n) is 1.63. The van der Waals surface area contributed by atoms with Gasteiger partial charge < -0.3 is 14.7 Å². The predicted molar refractivity (Wildman–Crippen MR) is 70.5 cm³/mol. The second-order valence-electron chi connectivity index (χ2n) is 4.70. The molecule has 0 aliphatic carbocycles. The molecule has 0 spiro atoms. The van der Waals surface area contributed by atoms with E-state index < -0.39 is 0 Å². The summed E-state index contributed by atoms with van der Waals surface area (Å²) in [7, 11) is 4.12. The van der Waals surface area contributed by atoms with Gasteiger partial charge in [-0.15, -0.1) is 0 Å². The smallest absolute Gasteiger partial charge is 0.119 e. The van der Waals surface area contributed by atoms with E-state index in [-0.39, 0.29) is 6.10 Å². The van der Waals surface area contributed by atoms with Crippen molar-refractivity contribution in [3.05, 3.63) is 29.8 Å². The lowest BCUT2D eigenvalue weighted by Crippen LogP contribution is -2.15. The molecular weight excluding hydrogens is 214 g/mol. The number of nitrogens with zero attached hydrogens (tertiary/aromatic N) is 1. The summed E-state index contributed by atoms with van der Waals surface area (Å²) in [5.74, 6) is 0.901. The molecule has 0 radical (unpaired) electrons. The molecule has 1 aromatic rings. The van der Waals surface area contributed by atoms with Gasteiger partial charge in [-0.1, -0.05) is 12.1 Å². The number of benzene rings is 1. The minimum absolute atomic E-state index is 0.290. The molecule has 1 unspecified atom stereocenters. The fraction of sp³-hybridized carbons (Fsp3) is 0.571. The second kappa shape index (κ2) is 7.30. The van der Waals surface area contributed by atoms with Crippen LogP contribution in [0.2, 0.25) is 0 Å². The molecule has 17 heavy (non-hydrogen) atoms. The van der Waals surface area contributed by atoms with Crippen LogP contribution in [0, 0.1) is 0 Å². The Balaban J connectivity index is 2.30. The molecule has 1 N–H and O–H groups in total. The zero-order chi connectivity index (χ0) is 12.7. The molecule has 0 amide bonds. The lowest BCUT2D eigenvalue weighted by atomic mass is 10.1. The third kappa shape index (κ3) is 6.29. The van der Waals surface area contributed by atoms with E-state index in [1.807, 2.05) is 24.3 Å². The summed E-state index contributed by atoms with van der Waals surface area (Å²) in [5.41, 5.74) is 1.14. The van der Waals surface area contributed by atoms with Crippen LogP contribution >= 0.6 is 0 Å². The Morgan fingerprint density at radius 1 is 1.24 bits per heavy atom. The number of aliphatic hydroxyl groups excluding tert-OH is 1. The topological polar surface area (TPSA) is 32.7 Å². The molecule has 1 rings (SSSR count). The maximum atomic E-state index is 9.26. The third-order valence-electron chi connectivity index (χ3n) is 2.47. The largest absolute Gasteiger partial charge is 0.494 e. The van der Waals surface area contributed by atoms with Crippen LogP contribution in [-0.2, 0) is 6.42 Å². The lowest BCUT2D eigenvalue weighted by molar-refractivity contribution is 0.195. The summed E-state index contributed by atoms with van der Waals surface area (Å²) in [4.78, 5) is 2.15. The van der Waals surface area contributed by atoms with Crippen LogP contribution in [0.5, 0.6) is 5.75 Å². The minimum Gasteiger partial charge on any atom is -0.494 e. The molecule has 96 valence electrons. The zero-order valence-electron chi connectivity index (χ0n) is 11.0. The van der Waals surface area contributed by atoms with Crippen LogP contribution in [-0.4, -0.2) is 43.4 Å². The highest BCUT2D eigenvalue weighted by atomic mass is 16.5. The third-order valence-corrected chi connectivity index (χ3v) is 2.47. The standard InChI is InChI=1S/C14H23NO2/c1-12(16)11-13-5-7-14(8-6-13)17-10-4-9-15(2)3/h5-8,12,16H,4,9-11H2,1-3H3. The normalized spacial score (nSPS) is 12.8. The second-order valence-corrected chi connectivity index (χ2v) is 4.70. The first-order valence-electron chi connectivity index (χ1n) is 6.12. The van der Waals surface area contributed by atoms with E-state index in [9.17, 15) is 5.11 Å². The van der Waals surface area contributed by atoms with Crippen LogP contribution in [0.25, 0.3) is 0 Å². The summed E-state index contributed by atoms with van der Waals surface area (Å²) in [6, 6.07) is 7.95. The number of rotatable bonds is 7. The molecule has 0 aliphatic rings. The van der Waals surface area contributed by atoms with Crippen LogP contribution in [0.15, 0.2) is 24.3 Å². The first-order valence-corrected chi connectivity index (χ1v) is 6.12. The van der Waals surface area contributed by atoms with Gasteiger partial charge in [-0.25, -0.2) is 0 Å².